The number of alkyl halides is 3. The highest BCUT2D eigenvalue weighted by Crippen LogP contribution is 2.31. The van der Waals surface area contributed by atoms with E-state index >= 15 is 0 Å². The van der Waals surface area contributed by atoms with Crippen molar-refractivity contribution in [3.05, 3.63) is 53.9 Å². The Morgan fingerprint density at radius 1 is 1.31 bits per heavy atom. The quantitative estimate of drug-likeness (QED) is 0.546. The highest BCUT2D eigenvalue weighted by molar-refractivity contribution is 5.93. The van der Waals surface area contributed by atoms with E-state index in [-0.39, 0.29) is 11.7 Å². The minimum atomic E-state index is -4.69. The fraction of sp³-hybridized carbons (Fsp3) is 0.222. The molecular formula is C18H14F3N5O3. The van der Waals surface area contributed by atoms with Crippen LogP contribution in [-0.4, -0.2) is 32.3 Å². The summed E-state index contributed by atoms with van der Waals surface area (Å²) in [5.41, 5.74) is 2.54. The Morgan fingerprint density at radius 3 is 2.83 bits per heavy atom. The van der Waals surface area contributed by atoms with Crippen molar-refractivity contribution in [1.29, 1.82) is 0 Å². The molecule has 0 fully saturated rings. The lowest BCUT2D eigenvalue weighted by atomic mass is 10.1. The van der Waals surface area contributed by atoms with Gasteiger partial charge in [0, 0.05) is 35.8 Å². The maximum absolute atomic E-state index is 12.7. The number of carbonyl (C=O) groups is 1. The molecule has 3 aromatic heterocycles. The number of benzene rings is 1. The number of aromatic nitrogens is 4. The minimum Gasteiger partial charge on any atom is -0.364 e. The Balaban J connectivity index is 1.52. The van der Waals surface area contributed by atoms with E-state index in [0.29, 0.717) is 24.2 Å². The number of halogens is 3. The molecular weight excluding hydrogens is 391 g/mol. The molecule has 0 bridgehead atoms. The van der Waals surface area contributed by atoms with E-state index in [4.69, 9.17) is 0 Å². The first-order valence-electron chi connectivity index (χ1n) is 8.51. The summed E-state index contributed by atoms with van der Waals surface area (Å²) in [7, 11) is 0. The Labute approximate surface area is 161 Å². The average molecular weight is 405 g/mol. The molecule has 11 heteroatoms. The molecule has 0 aliphatic carbocycles. The molecule has 150 valence electrons. The molecule has 0 aliphatic heterocycles. The first-order chi connectivity index (χ1) is 13.8. The lowest BCUT2D eigenvalue weighted by molar-refractivity contribution is -0.159. The van der Waals surface area contributed by atoms with Gasteiger partial charge in [-0.25, -0.2) is 0 Å². The zero-order chi connectivity index (χ0) is 20.6. The van der Waals surface area contributed by atoms with Crippen LogP contribution < -0.4 is 5.32 Å². The number of nitrogens with one attached hydrogen (secondary N) is 1. The fourth-order valence-corrected chi connectivity index (χ4v) is 2.96. The van der Waals surface area contributed by atoms with Crippen LogP contribution in [0.15, 0.2) is 45.9 Å². The summed E-state index contributed by atoms with van der Waals surface area (Å²) in [6.07, 6.45) is -0.203. The van der Waals surface area contributed by atoms with Crippen molar-refractivity contribution in [2.75, 3.05) is 6.54 Å². The second-order valence-electron chi connectivity index (χ2n) is 6.33. The van der Waals surface area contributed by atoms with Gasteiger partial charge in [-0.2, -0.15) is 18.2 Å². The SMILES string of the molecule is Cc1cn(CCNC(=O)c2cnoc2)c2ccc(-c3noc(C(F)(F)F)n3)cc12. The molecule has 29 heavy (non-hydrogen) atoms. The number of hydrogen-bond donors (Lipinski definition) is 1. The van der Waals surface area contributed by atoms with Gasteiger partial charge in [0.05, 0.1) is 11.8 Å². The van der Waals surface area contributed by atoms with E-state index in [1.807, 2.05) is 17.7 Å². The van der Waals surface area contributed by atoms with Crippen LogP contribution in [0, 0.1) is 6.92 Å². The van der Waals surface area contributed by atoms with Gasteiger partial charge in [0.15, 0.2) is 0 Å². The molecule has 0 spiro atoms. The Hall–Kier alpha value is -3.63. The maximum Gasteiger partial charge on any atom is 0.471 e. The topological polar surface area (TPSA) is 99.0 Å². The molecule has 0 unspecified atom stereocenters. The van der Waals surface area contributed by atoms with E-state index in [9.17, 15) is 18.0 Å². The van der Waals surface area contributed by atoms with Crippen LogP contribution in [0.3, 0.4) is 0 Å². The predicted octanol–water partition coefficient (Wildman–Crippen LogP) is 3.44. The van der Waals surface area contributed by atoms with Crippen molar-refractivity contribution >= 4 is 16.8 Å². The summed E-state index contributed by atoms with van der Waals surface area (Å²) in [5, 5.41) is 10.5. The lowest BCUT2D eigenvalue weighted by Crippen LogP contribution is -2.26. The van der Waals surface area contributed by atoms with Crippen molar-refractivity contribution in [1.82, 2.24) is 25.2 Å². The van der Waals surface area contributed by atoms with E-state index in [1.54, 1.807) is 18.2 Å². The number of rotatable bonds is 5. The number of amides is 1. The van der Waals surface area contributed by atoms with Gasteiger partial charge in [-0.15, -0.1) is 0 Å². The summed E-state index contributed by atoms with van der Waals surface area (Å²) >= 11 is 0. The molecule has 0 radical (unpaired) electrons. The summed E-state index contributed by atoms with van der Waals surface area (Å²) in [4.78, 5) is 15.3. The van der Waals surface area contributed by atoms with Gasteiger partial charge in [-0.05, 0) is 30.7 Å². The van der Waals surface area contributed by atoms with Crippen LogP contribution in [0.4, 0.5) is 13.2 Å². The molecule has 0 saturated carbocycles. The fourth-order valence-electron chi connectivity index (χ4n) is 2.96. The van der Waals surface area contributed by atoms with Crippen molar-refractivity contribution in [2.24, 2.45) is 0 Å². The van der Waals surface area contributed by atoms with Crippen LogP contribution >= 0.6 is 0 Å². The number of aryl methyl sites for hydroxylation is 1. The van der Waals surface area contributed by atoms with Crippen molar-refractivity contribution in [2.45, 2.75) is 19.6 Å². The van der Waals surface area contributed by atoms with Crippen LogP contribution in [0.1, 0.15) is 21.8 Å². The van der Waals surface area contributed by atoms with Crippen molar-refractivity contribution < 1.29 is 27.0 Å². The lowest BCUT2D eigenvalue weighted by Gasteiger charge is -2.07. The standard InChI is InChI=1S/C18H14F3N5O3/c1-10-8-26(5-4-22-16(27)12-7-23-28-9-12)14-3-2-11(6-13(10)14)15-24-17(29-25-15)18(19,20)21/h2-3,6-9H,4-5H2,1H3,(H,22,27). The van der Waals surface area contributed by atoms with Gasteiger partial charge in [-0.3, -0.25) is 4.79 Å². The largest absolute Gasteiger partial charge is 0.471 e. The molecule has 4 aromatic rings. The van der Waals surface area contributed by atoms with Crippen molar-refractivity contribution in [3.8, 4) is 11.4 Å². The van der Waals surface area contributed by atoms with Gasteiger partial charge in [0.1, 0.15) is 6.26 Å². The molecule has 3 heterocycles. The van der Waals surface area contributed by atoms with Crippen molar-refractivity contribution in [3.63, 3.8) is 0 Å². The molecule has 0 aliphatic rings. The minimum absolute atomic E-state index is 0.132. The Morgan fingerprint density at radius 2 is 2.14 bits per heavy atom. The number of fused-ring (bicyclic) bond motifs is 1. The third-order valence-electron chi connectivity index (χ3n) is 4.34. The van der Waals surface area contributed by atoms with E-state index in [2.05, 4.69) is 29.7 Å². The first kappa shape index (κ1) is 18.7. The Bertz CT molecular complexity index is 1160. The predicted molar refractivity (Wildman–Crippen MR) is 93.8 cm³/mol. The second kappa shape index (κ2) is 7.08. The summed E-state index contributed by atoms with van der Waals surface area (Å²) in [6, 6.07) is 5.10. The van der Waals surface area contributed by atoms with Gasteiger partial charge in [-0.1, -0.05) is 10.3 Å². The van der Waals surface area contributed by atoms with Gasteiger partial charge in [0.25, 0.3) is 5.91 Å². The molecule has 1 aromatic carbocycles. The zero-order valence-corrected chi connectivity index (χ0v) is 15.0. The van der Waals surface area contributed by atoms with E-state index in [1.165, 1.54) is 12.5 Å². The monoisotopic (exact) mass is 405 g/mol. The molecule has 8 nitrogen and oxygen atoms in total. The van der Waals surface area contributed by atoms with Crippen LogP contribution in [-0.2, 0) is 12.7 Å². The average Bonchev–Trinajstić information content (AvgIpc) is 3.42. The van der Waals surface area contributed by atoms with Gasteiger partial charge in [0.2, 0.25) is 5.82 Å². The first-order valence-corrected chi connectivity index (χ1v) is 8.51. The number of nitrogens with zero attached hydrogens (tertiary/aromatic N) is 4. The van der Waals surface area contributed by atoms with Crippen LogP contribution in [0.25, 0.3) is 22.3 Å². The Kier molecular flexibility index (Phi) is 4.57. The number of carbonyl (C=O) groups excluding carboxylic acids is 1. The smallest absolute Gasteiger partial charge is 0.364 e. The normalized spacial score (nSPS) is 11.9. The van der Waals surface area contributed by atoms with Gasteiger partial charge >= 0.3 is 12.1 Å². The van der Waals surface area contributed by atoms with Crippen LogP contribution in [0.5, 0.6) is 0 Å². The number of hydrogen-bond acceptors (Lipinski definition) is 6. The maximum atomic E-state index is 12.7. The summed E-state index contributed by atoms with van der Waals surface area (Å²) < 4.78 is 48.9. The molecule has 1 amide bonds. The molecule has 1 N–H and O–H groups in total. The molecule has 0 saturated heterocycles. The summed E-state index contributed by atoms with van der Waals surface area (Å²) in [5.74, 6) is -1.81. The molecule has 4 rings (SSSR count). The van der Waals surface area contributed by atoms with Crippen LogP contribution in [0.2, 0.25) is 0 Å². The highest BCUT2D eigenvalue weighted by Gasteiger charge is 2.38. The molecule has 0 atom stereocenters. The van der Waals surface area contributed by atoms with E-state index < -0.39 is 12.1 Å². The third kappa shape index (κ3) is 3.71. The third-order valence-corrected chi connectivity index (χ3v) is 4.34. The van der Waals surface area contributed by atoms with Gasteiger partial charge < -0.3 is 18.9 Å². The van der Waals surface area contributed by atoms with E-state index in [0.717, 1.165) is 16.5 Å². The summed E-state index contributed by atoms with van der Waals surface area (Å²) in [6.45, 7) is 2.76. The zero-order valence-electron chi connectivity index (χ0n) is 15.0. The second-order valence-corrected chi connectivity index (χ2v) is 6.33. The highest BCUT2D eigenvalue weighted by atomic mass is 19.4.